The molecule has 1 unspecified atom stereocenters. The van der Waals surface area contributed by atoms with E-state index >= 15 is 0 Å². The third-order valence-electron chi connectivity index (χ3n) is 6.92. The van der Waals surface area contributed by atoms with Gasteiger partial charge in [0.05, 0.1) is 5.92 Å². The molecule has 0 bridgehead atoms. The zero-order valence-electron chi connectivity index (χ0n) is 23.8. The molecule has 4 rings (SSSR count). The number of amides is 2. The molecule has 0 radical (unpaired) electrons. The Morgan fingerprint density at radius 3 is 2.17 bits per heavy atom. The average molecular weight is 568 g/mol. The third kappa shape index (κ3) is 8.38. The van der Waals surface area contributed by atoms with Crippen LogP contribution >= 0.6 is 11.8 Å². The molecule has 7 heteroatoms. The van der Waals surface area contributed by atoms with E-state index in [9.17, 15) is 14.7 Å². The lowest BCUT2D eigenvalue weighted by Gasteiger charge is -2.24. The summed E-state index contributed by atoms with van der Waals surface area (Å²) in [7, 11) is 3.97. The van der Waals surface area contributed by atoms with Gasteiger partial charge >= 0.3 is 12.0 Å². The number of carboxylic acid groups (broad SMARTS) is 1. The molecule has 212 valence electrons. The Kier molecular flexibility index (Phi) is 10.5. The lowest BCUT2D eigenvalue weighted by molar-refractivity contribution is -0.138. The molecule has 4 aromatic carbocycles. The van der Waals surface area contributed by atoms with E-state index in [1.165, 1.54) is 5.56 Å². The molecular formula is C34H37N3O3S. The van der Waals surface area contributed by atoms with Crippen molar-refractivity contribution in [1.82, 2.24) is 0 Å². The average Bonchev–Trinajstić information content (AvgIpc) is 2.97. The minimum atomic E-state index is -0.806. The van der Waals surface area contributed by atoms with E-state index in [2.05, 4.69) is 17.4 Å². The number of rotatable bonds is 12. The summed E-state index contributed by atoms with van der Waals surface area (Å²) in [4.78, 5) is 30.9. The number of carboxylic acids is 1. The molecule has 0 fully saturated rings. The summed E-state index contributed by atoms with van der Waals surface area (Å²) in [5, 5.41) is 12.5. The van der Waals surface area contributed by atoms with E-state index in [1.54, 1.807) is 16.7 Å². The SMILES string of the molecule is CCC(C(=O)O)c1ccc(Sc2cccc(N(CCCc3ccccc3)C(=O)Nc3ccc(N(C)C)cc3)c2)cc1. The summed E-state index contributed by atoms with van der Waals surface area (Å²) < 4.78 is 0. The molecule has 2 N–H and O–H groups in total. The van der Waals surface area contributed by atoms with E-state index in [0.717, 1.165) is 45.3 Å². The van der Waals surface area contributed by atoms with Crippen LogP contribution in [0.15, 0.2) is 113 Å². The maximum atomic E-state index is 13.6. The fourth-order valence-corrected chi connectivity index (χ4v) is 5.51. The predicted octanol–water partition coefficient (Wildman–Crippen LogP) is 8.15. The van der Waals surface area contributed by atoms with Crippen molar-refractivity contribution < 1.29 is 14.7 Å². The number of carbonyl (C=O) groups is 2. The highest BCUT2D eigenvalue weighted by molar-refractivity contribution is 7.99. The summed E-state index contributed by atoms with van der Waals surface area (Å²) in [5.74, 6) is -1.31. The molecule has 0 aliphatic carbocycles. The van der Waals surface area contributed by atoms with Gasteiger partial charge < -0.3 is 15.3 Å². The van der Waals surface area contributed by atoms with Crippen LogP contribution in [0.4, 0.5) is 21.9 Å². The monoisotopic (exact) mass is 567 g/mol. The Balaban J connectivity index is 1.51. The van der Waals surface area contributed by atoms with Gasteiger partial charge in [-0.1, -0.05) is 67.2 Å². The second kappa shape index (κ2) is 14.4. The Morgan fingerprint density at radius 2 is 1.54 bits per heavy atom. The summed E-state index contributed by atoms with van der Waals surface area (Å²) in [6.07, 6.45) is 2.24. The zero-order valence-corrected chi connectivity index (χ0v) is 24.6. The van der Waals surface area contributed by atoms with Crippen molar-refractivity contribution in [2.75, 3.05) is 35.8 Å². The van der Waals surface area contributed by atoms with Gasteiger partial charge in [0.25, 0.3) is 0 Å². The van der Waals surface area contributed by atoms with Crippen LogP contribution in [0, 0.1) is 0 Å². The second-order valence-electron chi connectivity index (χ2n) is 10.1. The number of hydrogen-bond acceptors (Lipinski definition) is 4. The molecule has 0 saturated carbocycles. The molecule has 6 nitrogen and oxygen atoms in total. The molecule has 1 atom stereocenters. The summed E-state index contributed by atoms with van der Waals surface area (Å²) >= 11 is 1.59. The summed E-state index contributed by atoms with van der Waals surface area (Å²) in [6, 6.07) is 33.6. The molecule has 2 amide bonds. The van der Waals surface area contributed by atoms with Crippen LogP contribution < -0.4 is 15.1 Å². The van der Waals surface area contributed by atoms with Crippen molar-refractivity contribution in [2.24, 2.45) is 0 Å². The molecule has 0 aliphatic heterocycles. The molecule has 0 saturated heterocycles. The first-order valence-electron chi connectivity index (χ1n) is 13.8. The van der Waals surface area contributed by atoms with E-state index in [1.807, 2.05) is 117 Å². The molecule has 0 aliphatic rings. The minimum absolute atomic E-state index is 0.179. The topological polar surface area (TPSA) is 72.9 Å². The smallest absolute Gasteiger partial charge is 0.326 e. The summed E-state index contributed by atoms with van der Waals surface area (Å²) in [5.41, 5.74) is 4.67. The van der Waals surface area contributed by atoms with Crippen molar-refractivity contribution in [1.29, 1.82) is 0 Å². The van der Waals surface area contributed by atoms with Crippen LogP contribution in [0.3, 0.4) is 0 Å². The number of urea groups is 1. The number of nitrogens with one attached hydrogen (secondary N) is 1. The van der Waals surface area contributed by atoms with E-state index < -0.39 is 11.9 Å². The Bertz CT molecular complexity index is 1420. The highest BCUT2D eigenvalue weighted by atomic mass is 32.2. The second-order valence-corrected chi connectivity index (χ2v) is 11.2. The van der Waals surface area contributed by atoms with E-state index in [-0.39, 0.29) is 6.03 Å². The molecular weight excluding hydrogens is 530 g/mol. The van der Waals surface area contributed by atoms with Crippen LogP contribution in [0.2, 0.25) is 0 Å². The van der Waals surface area contributed by atoms with Gasteiger partial charge in [-0.15, -0.1) is 0 Å². The molecule has 0 heterocycles. The van der Waals surface area contributed by atoms with Gasteiger partial charge in [0.1, 0.15) is 0 Å². The largest absolute Gasteiger partial charge is 0.481 e. The number of aryl methyl sites for hydroxylation is 1. The minimum Gasteiger partial charge on any atom is -0.481 e. The van der Waals surface area contributed by atoms with Crippen LogP contribution in [-0.4, -0.2) is 37.7 Å². The zero-order chi connectivity index (χ0) is 29.2. The quantitative estimate of drug-likeness (QED) is 0.181. The first-order valence-corrected chi connectivity index (χ1v) is 14.7. The molecule has 41 heavy (non-hydrogen) atoms. The maximum absolute atomic E-state index is 13.6. The normalized spacial score (nSPS) is 11.5. The fraction of sp³-hybridized carbons (Fsp3) is 0.235. The number of anilines is 3. The van der Waals surface area contributed by atoms with Crippen molar-refractivity contribution in [3.63, 3.8) is 0 Å². The van der Waals surface area contributed by atoms with E-state index in [0.29, 0.717) is 13.0 Å². The van der Waals surface area contributed by atoms with Crippen LogP contribution in [-0.2, 0) is 11.2 Å². The molecule has 0 aromatic heterocycles. The first-order chi connectivity index (χ1) is 19.8. The van der Waals surface area contributed by atoms with Crippen LogP contribution in [0.25, 0.3) is 0 Å². The maximum Gasteiger partial charge on any atom is 0.326 e. The van der Waals surface area contributed by atoms with Crippen LogP contribution in [0.1, 0.15) is 36.8 Å². The fourth-order valence-electron chi connectivity index (χ4n) is 4.64. The standard InChI is InChI=1S/C34H37N3O3S/c1-4-32(33(38)39)26-15-21-30(22-16-26)41-31-14-8-13-29(24-31)37(23-9-12-25-10-6-5-7-11-25)34(40)35-27-17-19-28(20-18-27)36(2)3/h5-8,10-11,13-22,24,32H,4,9,12,23H2,1-3H3,(H,35,40)(H,38,39). The number of benzene rings is 4. The summed E-state index contributed by atoms with van der Waals surface area (Å²) in [6.45, 7) is 2.44. The van der Waals surface area contributed by atoms with Gasteiger partial charge in [0.2, 0.25) is 0 Å². The van der Waals surface area contributed by atoms with Crippen molar-refractivity contribution >= 4 is 40.8 Å². The Hall–Kier alpha value is -4.23. The van der Waals surface area contributed by atoms with Gasteiger partial charge in [-0.05, 0) is 85.0 Å². The van der Waals surface area contributed by atoms with E-state index in [4.69, 9.17) is 0 Å². The van der Waals surface area contributed by atoms with Gasteiger partial charge in [-0.25, -0.2) is 4.79 Å². The van der Waals surface area contributed by atoms with Crippen molar-refractivity contribution in [3.8, 4) is 0 Å². The first kappa shape index (κ1) is 29.7. The highest BCUT2D eigenvalue weighted by Crippen LogP contribution is 2.32. The third-order valence-corrected chi connectivity index (χ3v) is 7.92. The number of aliphatic carboxylic acids is 1. The van der Waals surface area contributed by atoms with Crippen LogP contribution in [0.5, 0.6) is 0 Å². The van der Waals surface area contributed by atoms with Gasteiger partial charge in [-0.2, -0.15) is 0 Å². The predicted molar refractivity (Wildman–Crippen MR) is 170 cm³/mol. The van der Waals surface area contributed by atoms with Gasteiger partial charge in [0.15, 0.2) is 0 Å². The number of nitrogens with zero attached hydrogens (tertiary/aromatic N) is 2. The number of hydrogen-bond donors (Lipinski definition) is 2. The molecule has 4 aromatic rings. The Morgan fingerprint density at radius 1 is 0.829 bits per heavy atom. The highest BCUT2D eigenvalue weighted by Gasteiger charge is 2.18. The van der Waals surface area contributed by atoms with Gasteiger partial charge in [0, 0.05) is 47.5 Å². The van der Waals surface area contributed by atoms with Gasteiger partial charge in [-0.3, -0.25) is 9.69 Å². The Labute approximate surface area is 247 Å². The van der Waals surface area contributed by atoms with Crippen molar-refractivity contribution in [3.05, 3.63) is 114 Å². The lowest BCUT2D eigenvalue weighted by atomic mass is 9.97. The molecule has 0 spiro atoms. The van der Waals surface area contributed by atoms with Crippen molar-refractivity contribution in [2.45, 2.75) is 41.9 Å². The number of carbonyl (C=O) groups excluding carboxylic acids is 1. The lowest BCUT2D eigenvalue weighted by Crippen LogP contribution is -2.36.